The fourth-order valence-electron chi connectivity index (χ4n) is 3.74. The Hall–Kier alpha value is -1.31. The molecule has 2 unspecified atom stereocenters. The van der Waals surface area contributed by atoms with Crippen molar-refractivity contribution in [2.24, 2.45) is 0 Å². The number of aryl methyl sites for hydroxylation is 2. The van der Waals surface area contributed by atoms with Gasteiger partial charge in [0, 0.05) is 37.6 Å². The van der Waals surface area contributed by atoms with Gasteiger partial charge in [0.05, 0.1) is 17.5 Å². The van der Waals surface area contributed by atoms with Gasteiger partial charge in [-0.25, -0.2) is 13.1 Å². The van der Waals surface area contributed by atoms with Crippen molar-refractivity contribution in [2.75, 3.05) is 36.4 Å². The van der Waals surface area contributed by atoms with E-state index in [1.165, 1.54) is 22.5 Å². The molecule has 1 aliphatic heterocycles. The molecule has 1 heterocycles. The zero-order valence-electron chi connectivity index (χ0n) is 18.9. The van der Waals surface area contributed by atoms with Crippen LogP contribution in [0, 0.1) is 13.8 Å². The molecule has 1 aliphatic rings. The minimum Gasteiger partial charge on any atom is -0.385 e. The van der Waals surface area contributed by atoms with Gasteiger partial charge in [0.1, 0.15) is 0 Å². The molecule has 1 aromatic carbocycles. The van der Waals surface area contributed by atoms with Crippen LogP contribution in [0.1, 0.15) is 58.1 Å². The number of sulfonamides is 1. The predicted octanol–water partition coefficient (Wildman–Crippen LogP) is 3.83. The van der Waals surface area contributed by atoms with E-state index in [2.05, 4.69) is 54.8 Å². The third-order valence-corrected chi connectivity index (χ3v) is 7.24. The lowest BCUT2D eigenvalue weighted by molar-refractivity contribution is -0.00524. The van der Waals surface area contributed by atoms with Crippen molar-refractivity contribution in [3.8, 4) is 0 Å². The summed E-state index contributed by atoms with van der Waals surface area (Å²) in [6.45, 7) is 15.2. The van der Waals surface area contributed by atoms with Crippen molar-refractivity contribution >= 4 is 21.4 Å². The summed E-state index contributed by atoms with van der Waals surface area (Å²) < 4.78 is 32.0. The van der Waals surface area contributed by atoms with Crippen molar-refractivity contribution in [3.63, 3.8) is 0 Å². The van der Waals surface area contributed by atoms with Gasteiger partial charge in [-0.1, -0.05) is 6.42 Å². The Labute approximate surface area is 177 Å². The highest BCUT2D eigenvalue weighted by molar-refractivity contribution is 7.90. The number of unbranched alkanes of at least 4 members (excludes halogenated alkanes) is 2. The van der Waals surface area contributed by atoms with Crippen LogP contribution >= 0.6 is 0 Å². The zero-order valence-corrected chi connectivity index (χ0v) is 19.7. The summed E-state index contributed by atoms with van der Waals surface area (Å²) in [5.41, 5.74) is 5.01. The average Bonchev–Trinajstić information content (AvgIpc) is 2.62. The van der Waals surface area contributed by atoms with E-state index < -0.39 is 10.0 Å². The molecule has 1 saturated heterocycles. The van der Waals surface area contributed by atoms with Gasteiger partial charge in [-0.15, -0.1) is 0 Å². The van der Waals surface area contributed by atoms with Crippen LogP contribution in [-0.4, -0.2) is 52.1 Å². The van der Waals surface area contributed by atoms with Crippen LogP contribution in [-0.2, 0) is 14.8 Å². The Bertz CT molecular complexity index is 755. The SMILES string of the molecule is Cc1cc(N2CC(C)OC(C)C2)c(C)cc1NCCCCCNS(=O)(=O)C(C)C. The molecule has 0 radical (unpaired) electrons. The highest BCUT2D eigenvalue weighted by Crippen LogP contribution is 2.29. The third-order valence-electron chi connectivity index (χ3n) is 5.40. The highest BCUT2D eigenvalue weighted by atomic mass is 32.2. The molecule has 2 atom stereocenters. The van der Waals surface area contributed by atoms with Gasteiger partial charge in [-0.3, -0.25) is 0 Å². The number of anilines is 2. The topological polar surface area (TPSA) is 70.7 Å². The summed E-state index contributed by atoms with van der Waals surface area (Å²) in [6, 6.07) is 4.52. The maximum absolute atomic E-state index is 11.7. The second-order valence-electron chi connectivity index (χ2n) is 8.59. The van der Waals surface area contributed by atoms with Crippen LogP contribution in [0.25, 0.3) is 0 Å². The fraction of sp³-hybridized carbons (Fsp3) is 0.727. The molecular weight excluding hydrogens is 386 g/mol. The number of nitrogens with zero attached hydrogens (tertiary/aromatic N) is 1. The predicted molar refractivity (Wildman–Crippen MR) is 123 cm³/mol. The number of ether oxygens (including phenoxy) is 1. The molecule has 2 rings (SSSR count). The van der Waals surface area contributed by atoms with E-state index in [-0.39, 0.29) is 17.5 Å². The van der Waals surface area contributed by atoms with Crippen LogP contribution in [0.2, 0.25) is 0 Å². The number of nitrogens with one attached hydrogen (secondary N) is 2. The number of hydrogen-bond donors (Lipinski definition) is 2. The molecule has 1 aromatic rings. The summed E-state index contributed by atoms with van der Waals surface area (Å²) in [6.07, 6.45) is 3.37. The van der Waals surface area contributed by atoms with E-state index in [9.17, 15) is 8.42 Å². The van der Waals surface area contributed by atoms with Gasteiger partial charge in [-0.2, -0.15) is 0 Å². The normalized spacial score (nSPS) is 20.3. The molecule has 0 aliphatic carbocycles. The van der Waals surface area contributed by atoms with Crippen molar-refractivity contribution in [1.82, 2.24) is 4.72 Å². The van der Waals surface area contributed by atoms with Gasteiger partial charge >= 0.3 is 0 Å². The Morgan fingerprint density at radius 2 is 1.66 bits per heavy atom. The molecule has 0 bridgehead atoms. The fourth-order valence-corrected chi connectivity index (χ4v) is 4.50. The second-order valence-corrected chi connectivity index (χ2v) is 10.9. The van der Waals surface area contributed by atoms with E-state index in [1.54, 1.807) is 13.8 Å². The lowest BCUT2D eigenvalue weighted by Crippen LogP contribution is -2.45. The average molecular weight is 426 g/mol. The summed E-state index contributed by atoms with van der Waals surface area (Å²) in [5, 5.41) is 3.17. The monoisotopic (exact) mass is 425 g/mol. The Kier molecular flexibility index (Phi) is 8.79. The first kappa shape index (κ1) is 24.0. The first-order chi connectivity index (χ1) is 13.6. The molecule has 6 nitrogen and oxygen atoms in total. The number of benzene rings is 1. The van der Waals surface area contributed by atoms with Crippen LogP contribution in [0.5, 0.6) is 0 Å². The van der Waals surface area contributed by atoms with Gasteiger partial charge < -0.3 is 15.0 Å². The maximum Gasteiger partial charge on any atom is 0.213 e. The van der Waals surface area contributed by atoms with Gasteiger partial charge in [0.25, 0.3) is 0 Å². The molecule has 0 spiro atoms. The smallest absolute Gasteiger partial charge is 0.213 e. The molecule has 7 heteroatoms. The van der Waals surface area contributed by atoms with Crippen LogP contribution in [0.3, 0.4) is 0 Å². The van der Waals surface area contributed by atoms with E-state index >= 15 is 0 Å². The maximum atomic E-state index is 11.7. The minimum atomic E-state index is -3.14. The molecule has 166 valence electrons. The van der Waals surface area contributed by atoms with Crippen LogP contribution < -0.4 is 14.9 Å². The van der Waals surface area contributed by atoms with Crippen molar-refractivity contribution in [2.45, 2.75) is 78.3 Å². The lowest BCUT2D eigenvalue weighted by Gasteiger charge is -2.38. The minimum absolute atomic E-state index is 0.251. The molecule has 29 heavy (non-hydrogen) atoms. The standard InChI is InChI=1S/C22H39N3O3S/c1-16(2)29(26,27)24-11-9-7-8-10-23-21-12-18(4)22(13-17(21)3)25-14-19(5)28-20(6)15-25/h12-13,16,19-20,23-24H,7-11,14-15H2,1-6H3. The molecule has 0 amide bonds. The molecule has 1 fully saturated rings. The third kappa shape index (κ3) is 7.15. The molecule has 0 aromatic heterocycles. The summed E-state index contributed by atoms with van der Waals surface area (Å²) in [4.78, 5) is 2.43. The van der Waals surface area contributed by atoms with Crippen molar-refractivity contribution in [1.29, 1.82) is 0 Å². The number of morpholine rings is 1. The summed E-state index contributed by atoms with van der Waals surface area (Å²) in [5.74, 6) is 0. The lowest BCUT2D eigenvalue weighted by atomic mass is 10.1. The number of rotatable bonds is 10. The van der Waals surface area contributed by atoms with E-state index in [1.807, 2.05) is 0 Å². The van der Waals surface area contributed by atoms with E-state index in [0.717, 1.165) is 38.9 Å². The number of hydrogen-bond acceptors (Lipinski definition) is 5. The summed E-state index contributed by atoms with van der Waals surface area (Å²) in [7, 11) is -3.14. The summed E-state index contributed by atoms with van der Waals surface area (Å²) >= 11 is 0. The Balaban J connectivity index is 1.80. The van der Waals surface area contributed by atoms with Crippen molar-refractivity contribution < 1.29 is 13.2 Å². The van der Waals surface area contributed by atoms with Crippen LogP contribution in [0.15, 0.2) is 12.1 Å². The quantitative estimate of drug-likeness (QED) is 0.558. The molecule has 2 N–H and O–H groups in total. The Morgan fingerprint density at radius 3 is 2.28 bits per heavy atom. The van der Waals surface area contributed by atoms with Gasteiger partial charge in [0.15, 0.2) is 0 Å². The molecular formula is C22H39N3O3S. The highest BCUT2D eigenvalue weighted by Gasteiger charge is 2.23. The largest absolute Gasteiger partial charge is 0.385 e. The van der Waals surface area contributed by atoms with Gasteiger partial charge in [0.2, 0.25) is 10.0 Å². The van der Waals surface area contributed by atoms with Crippen molar-refractivity contribution in [3.05, 3.63) is 23.3 Å². The molecule has 0 saturated carbocycles. The second kappa shape index (κ2) is 10.6. The first-order valence-electron chi connectivity index (χ1n) is 10.8. The Morgan fingerprint density at radius 1 is 1.03 bits per heavy atom. The van der Waals surface area contributed by atoms with Gasteiger partial charge in [-0.05, 0) is 77.6 Å². The van der Waals surface area contributed by atoms with E-state index in [4.69, 9.17) is 4.74 Å². The van der Waals surface area contributed by atoms with Crippen LogP contribution in [0.4, 0.5) is 11.4 Å². The zero-order chi connectivity index (χ0) is 21.6. The first-order valence-corrected chi connectivity index (χ1v) is 12.4. The van der Waals surface area contributed by atoms with E-state index in [0.29, 0.717) is 6.54 Å².